The van der Waals surface area contributed by atoms with Gasteiger partial charge in [0, 0.05) is 22.1 Å². The van der Waals surface area contributed by atoms with Gasteiger partial charge in [0.15, 0.2) is 0 Å². The van der Waals surface area contributed by atoms with E-state index in [1.54, 1.807) is 6.92 Å². The van der Waals surface area contributed by atoms with E-state index in [0.717, 1.165) is 0 Å². The molecule has 2 unspecified atom stereocenters. The van der Waals surface area contributed by atoms with Crippen LogP contribution < -0.4 is 11.1 Å². The molecule has 7 heteroatoms. The third kappa shape index (κ3) is 3.59. The molecule has 2 atom stereocenters. The summed E-state index contributed by atoms with van der Waals surface area (Å²) in [5.41, 5.74) is 6.25. The number of nitrogen functional groups attached to an aromatic ring is 1. The highest BCUT2D eigenvalue weighted by atomic mass is 35.5. The van der Waals surface area contributed by atoms with Gasteiger partial charge in [-0.05, 0) is 19.1 Å². The summed E-state index contributed by atoms with van der Waals surface area (Å²) in [5.74, 6) is -0.401. The van der Waals surface area contributed by atoms with Crippen LogP contribution >= 0.6 is 23.2 Å². The zero-order valence-electron chi connectivity index (χ0n) is 9.29. The lowest BCUT2D eigenvalue weighted by atomic mass is 10.2. The molecule has 94 valence electrons. The summed E-state index contributed by atoms with van der Waals surface area (Å²) in [6, 6.07) is 2.96. The van der Waals surface area contributed by atoms with E-state index in [0.29, 0.717) is 10.7 Å². The third-order valence-corrected chi connectivity index (χ3v) is 3.93. The van der Waals surface area contributed by atoms with Gasteiger partial charge in [0.1, 0.15) is 5.25 Å². The molecule has 3 N–H and O–H groups in total. The molecule has 0 radical (unpaired) electrons. The molecule has 17 heavy (non-hydrogen) atoms. The van der Waals surface area contributed by atoms with Gasteiger partial charge in [-0.2, -0.15) is 0 Å². The van der Waals surface area contributed by atoms with Crippen LogP contribution in [0.4, 0.5) is 11.4 Å². The number of rotatable bonds is 3. The lowest BCUT2D eigenvalue weighted by Crippen LogP contribution is -2.28. The van der Waals surface area contributed by atoms with Crippen molar-refractivity contribution >= 4 is 51.3 Å². The van der Waals surface area contributed by atoms with Crippen molar-refractivity contribution in [3.8, 4) is 0 Å². The first-order valence-electron chi connectivity index (χ1n) is 4.70. The van der Waals surface area contributed by atoms with Crippen molar-refractivity contribution in [2.75, 3.05) is 17.3 Å². The van der Waals surface area contributed by atoms with Crippen LogP contribution in [0.5, 0.6) is 0 Å². The molecular formula is C10H12Cl2N2O2S. The van der Waals surface area contributed by atoms with Gasteiger partial charge in [-0.25, -0.2) is 0 Å². The standard InChI is InChI=1S/C10H12Cl2N2O2S/c1-5(17(2)16)10(15)14-9-7(12)3-6(11)4-8(9)13/h3-5H,13H2,1-2H3,(H,14,15). The number of benzene rings is 1. The second kappa shape index (κ2) is 5.71. The minimum absolute atomic E-state index is 0.248. The lowest BCUT2D eigenvalue weighted by Gasteiger charge is -2.13. The highest BCUT2D eigenvalue weighted by Crippen LogP contribution is 2.32. The summed E-state index contributed by atoms with van der Waals surface area (Å²) in [5, 5.41) is 2.54. The molecule has 0 spiro atoms. The Kier molecular flexibility index (Phi) is 4.80. The zero-order chi connectivity index (χ0) is 13.2. The topological polar surface area (TPSA) is 72.2 Å². The summed E-state index contributed by atoms with van der Waals surface area (Å²) >= 11 is 11.7. The second-order valence-electron chi connectivity index (χ2n) is 3.48. The fourth-order valence-corrected chi connectivity index (χ4v) is 2.02. The summed E-state index contributed by atoms with van der Waals surface area (Å²) in [6.45, 7) is 1.56. The lowest BCUT2D eigenvalue weighted by molar-refractivity contribution is -0.115. The second-order valence-corrected chi connectivity index (χ2v) is 6.03. The van der Waals surface area contributed by atoms with Crippen molar-refractivity contribution in [2.45, 2.75) is 12.2 Å². The Hall–Kier alpha value is -0.780. The van der Waals surface area contributed by atoms with Crippen LogP contribution in [0.3, 0.4) is 0 Å². The summed E-state index contributed by atoms with van der Waals surface area (Å²) in [4.78, 5) is 11.7. The van der Waals surface area contributed by atoms with Gasteiger partial charge in [0.2, 0.25) is 5.91 Å². The van der Waals surface area contributed by atoms with Gasteiger partial charge in [0.25, 0.3) is 0 Å². The quantitative estimate of drug-likeness (QED) is 0.840. The highest BCUT2D eigenvalue weighted by molar-refractivity contribution is 7.85. The predicted molar refractivity (Wildman–Crippen MR) is 73.0 cm³/mol. The molecule has 1 aromatic carbocycles. The molecular weight excluding hydrogens is 283 g/mol. The number of carbonyl (C=O) groups is 1. The van der Waals surface area contributed by atoms with Gasteiger partial charge < -0.3 is 11.1 Å². The number of halogens is 2. The van der Waals surface area contributed by atoms with Crippen LogP contribution in [0.25, 0.3) is 0 Å². The smallest absolute Gasteiger partial charge is 0.239 e. The van der Waals surface area contributed by atoms with E-state index >= 15 is 0 Å². The van der Waals surface area contributed by atoms with Gasteiger partial charge in [0.05, 0.1) is 16.4 Å². The maximum absolute atomic E-state index is 11.7. The summed E-state index contributed by atoms with van der Waals surface area (Å²) < 4.78 is 11.2. The van der Waals surface area contributed by atoms with Gasteiger partial charge in [-0.15, -0.1) is 0 Å². The molecule has 1 rings (SSSR count). The number of nitrogens with one attached hydrogen (secondary N) is 1. The predicted octanol–water partition coefficient (Wildman–Crippen LogP) is 2.28. The maximum atomic E-state index is 11.7. The molecule has 1 amide bonds. The van der Waals surface area contributed by atoms with E-state index in [2.05, 4.69) is 5.32 Å². The minimum Gasteiger partial charge on any atom is -0.397 e. The summed E-state index contributed by atoms with van der Waals surface area (Å²) in [7, 11) is -1.25. The monoisotopic (exact) mass is 294 g/mol. The van der Waals surface area contributed by atoms with Crippen LogP contribution in [-0.2, 0) is 15.6 Å². The molecule has 4 nitrogen and oxygen atoms in total. The number of carbonyl (C=O) groups excluding carboxylic acids is 1. The van der Waals surface area contributed by atoms with Crippen LogP contribution in [0.15, 0.2) is 12.1 Å². The first-order valence-corrected chi connectivity index (χ1v) is 7.08. The van der Waals surface area contributed by atoms with Crippen molar-refractivity contribution in [1.82, 2.24) is 0 Å². The molecule has 0 saturated heterocycles. The summed E-state index contributed by atoms with van der Waals surface area (Å²) in [6.07, 6.45) is 1.46. The Balaban J connectivity index is 2.96. The number of nitrogens with two attached hydrogens (primary N) is 1. The largest absolute Gasteiger partial charge is 0.397 e. The maximum Gasteiger partial charge on any atom is 0.239 e. The van der Waals surface area contributed by atoms with Crippen LogP contribution in [0.2, 0.25) is 10.0 Å². The van der Waals surface area contributed by atoms with Gasteiger partial charge in [-0.3, -0.25) is 9.00 Å². The van der Waals surface area contributed by atoms with E-state index in [1.165, 1.54) is 18.4 Å². The minimum atomic E-state index is -1.25. The number of amides is 1. The number of hydrogen-bond donors (Lipinski definition) is 2. The van der Waals surface area contributed by atoms with E-state index in [-0.39, 0.29) is 10.7 Å². The van der Waals surface area contributed by atoms with Crippen LogP contribution in [0.1, 0.15) is 6.92 Å². The molecule has 0 fully saturated rings. The van der Waals surface area contributed by atoms with E-state index in [1.807, 2.05) is 0 Å². The van der Waals surface area contributed by atoms with Crippen molar-refractivity contribution in [3.63, 3.8) is 0 Å². The highest BCUT2D eigenvalue weighted by Gasteiger charge is 2.19. The normalized spacial score (nSPS) is 14.1. The van der Waals surface area contributed by atoms with Crippen molar-refractivity contribution < 1.29 is 9.00 Å². The van der Waals surface area contributed by atoms with Gasteiger partial charge in [-0.1, -0.05) is 23.2 Å². The van der Waals surface area contributed by atoms with E-state index in [9.17, 15) is 9.00 Å². The molecule has 1 aromatic rings. The van der Waals surface area contributed by atoms with Crippen molar-refractivity contribution in [1.29, 1.82) is 0 Å². The average molecular weight is 295 g/mol. The van der Waals surface area contributed by atoms with Gasteiger partial charge >= 0.3 is 0 Å². The molecule has 0 aromatic heterocycles. The van der Waals surface area contributed by atoms with E-state index < -0.39 is 22.0 Å². The Bertz CT molecular complexity index is 456. The van der Waals surface area contributed by atoms with Crippen LogP contribution in [0, 0.1) is 0 Å². The Morgan fingerprint density at radius 2 is 2.06 bits per heavy atom. The molecule has 0 aliphatic heterocycles. The van der Waals surface area contributed by atoms with Crippen molar-refractivity contribution in [3.05, 3.63) is 22.2 Å². The Morgan fingerprint density at radius 3 is 2.53 bits per heavy atom. The first kappa shape index (κ1) is 14.3. The zero-order valence-corrected chi connectivity index (χ0v) is 11.6. The molecule has 0 aliphatic rings. The molecule has 0 saturated carbocycles. The fraction of sp³-hybridized carbons (Fsp3) is 0.300. The average Bonchev–Trinajstić information content (AvgIpc) is 2.21. The molecule has 0 heterocycles. The van der Waals surface area contributed by atoms with Crippen LogP contribution in [-0.4, -0.2) is 21.6 Å². The Labute approximate surface area is 112 Å². The van der Waals surface area contributed by atoms with Crippen molar-refractivity contribution in [2.24, 2.45) is 0 Å². The number of hydrogen-bond acceptors (Lipinski definition) is 3. The number of anilines is 2. The fourth-order valence-electron chi connectivity index (χ4n) is 1.10. The SMILES string of the molecule is CC(C(=O)Nc1c(N)cc(Cl)cc1Cl)S(C)=O. The van der Waals surface area contributed by atoms with E-state index in [4.69, 9.17) is 28.9 Å². The first-order chi connectivity index (χ1) is 7.82. The Morgan fingerprint density at radius 1 is 1.47 bits per heavy atom. The molecule has 0 aliphatic carbocycles. The molecule has 0 bridgehead atoms. The third-order valence-electron chi connectivity index (χ3n) is 2.20.